The number of carbonyl (C=O) groups is 1. The molecule has 0 aromatic heterocycles. The Balaban J connectivity index is 2.63. The summed E-state index contributed by atoms with van der Waals surface area (Å²) in [6, 6.07) is 6.86. The number of nitrogens with one attached hydrogen (secondary N) is 1. The van der Waals surface area contributed by atoms with Gasteiger partial charge < -0.3 is 5.32 Å². The fourth-order valence-corrected chi connectivity index (χ4v) is 1.44. The minimum Gasteiger partial charge on any atom is -0.307 e. The van der Waals surface area contributed by atoms with Crippen LogP contribution in [-0.2, 0) is 0 Å². The molecule has 0 heterocycles. The molecule has 1 unspecified atom stereocenters. The predicted octanol–water partition coefficient (Wildman–Crippen LogP) is 2.91. The number of hydrogen-bond donors (Lipinski definition) is 1. The lowest BCUT2D eigenvalue weighted by Gasteiger charge is -2.11. The van der Waals surface area contributed by atoms with Gasteiger partial charge in [0.15, 0.2) is 5.78 Å². The molecule has 1 N–H and O–H groups in total. The lowest BCUT2D eigenvalue weighted by molar-refractivity contribution is 0.0951. The average molecular weight is 226 g/mol. The maximum absolute atomic E-state index is 11.9. The fraction of sp³-hybridized carbons (Fsp3) is 0.417. The van der Waals surface area contributed by atoms with Gasteiger partial charge in [-0.1, -0.05) is 18.5 Å². The van der Waals surface area contributed by atoms with Crippen LogP contribution in [-0.4, -0.2) is 18.4 Å². The lowest BCUT2D eigenvalue weighted by atomic mass is 10.1. The first-order valence-corrected chi connectivity index (χ1v) is 5.56. The van der Waals surface area contributed by atoms with Crippen molar-refractivity contribution in [2.75, 3.05) is 6.54 Å². The molecule has 1 aromatic carbocycles. The van der Waals surface area contributed by atoms with Crippen LogP contribution in [0.4, 0.5) is 0 Å². The van der Waals surface area contributed by atoms with Crippen molar-refractivity contribution in [2.45, 2.75) is 26.3 Å². The van der Waals surface area contributed by atoms with Crippen LogP contribution >= 0.6 is 11.6 Å². The number of halogens is 1. The van der Waals surface area contributed by atoms with E-state index >= 15 is 0 Å². The molecule has 0 spiro atoms. The molecule has 0 fully saturated rings. The molecule has 1 atom stereocenters. The zero-order chi connectivity index (χ0) is 11.3. The number of Topliss-reactive ketones (excluding diaryl/α,β-unsaturated/α-hetero) is 1. The van der Waals surface area contributed by atoms with E-state index in [2.05, 4.69) is 12.2 Å². The molecule has 2 nitrogen and oxygen atoms in total. The van der Waals surface area contributed by atoms with E-state index in [1.54, 1.807) is 24.3 Å². The molecule has 0 saturated carbocycles. The molecular weight excluding hydrogens is 210 g/mol. The number of benzene rings is 1. The van der Waals surface area contributed by atoms with Crippen molar-refractivity contribution in [1.82, 2.24) is 5.32 Å². The summed E-state index contributed by atoms with van der Waals surface area (Å²) < 4.78 is 0. The van der Waals surface area contributed by atoms with Crippen LogP contribution in [0.5, 0.6) is 0 Å². The fourth-order valence-electron chi connectivity index (χ4n) is 1.32. The Kier molecular flexibility index (Phi) is 4.79. The second kappa shape index (κ2) is 5.89. The van der Waals surface area contributed by atoms with Crippen molar-refractivity contribution in [3.63, 3.8) is 0 Å². The van der Waals surface area contributed by atoms with Gasteiger partial charge in [0.2, 0.25) is 0 Å². The molecule has 3 heteroatoms. The van der Waals surface area contributed by atoms with Gasteiger partial charge >= 0.3 is 0 Å². The van der Waals surface area contributed by atoms with E-state index in [9.17, 15) is 4.79 Å². The summed E-state index contributed by atoms with van der Waals surface area (Å²) in [7, 11) is 0. The summed E-state index contributed by atoms with van der Waals surface area (Å²) in [5.74, 6) is 0.111. The zero-order valence-corrected chi connectivity index (χ0v) is 9.84. The topological polar surface area (TPSA) is 29.1 Å². The summed E-state index contributed by atoms with van der Waals surface area (Å²) in [5, 5.41) is 3.82. The summed E-state index contributed by atoms with van der Waals surface area (Å²) in [6.45, 7) is 4.82. The smallest absolute Gasteiger partial charge is 0.179 e. The van der Waals surface area contributed by atoms with E-state index < -0.39 is 0 Å². The van der Waals surface area contributed by atoms with E-state index in [1.807, 2.05) is 6.92 Å². The van der Waals surface area contributed by atoms with Gasteiger partial charge in [-0.25, -0.2) is 0 Å². The zero-order valence-electron chi connectivity index (χ0n) is 9.09. The van der Waals surface area contributed by atoms with Crippen LogP contribution in [0.1, 0.15) is 30.6 Å². The highest BCUT2D eigenvalue weighted by Crippen LogP contribution is 2.11. The second-order valence-electron chi connectivity index (χ2n) is 3.55. The van der Waals surface area contributed by atoms with Crippen LogP contribution in [0.2, 0.25) is 5.02 Å². The van der Waals surface area contributed by atoms with Crippen LogP contribution in [0.25, 0.3) is 0 Å². The molecule has 15 heavy (non-hydrogen) atoms. The van der Waals surface area contributed by atoms with E-state index in [4.69, 9.17) is 11.6 Å². The Bertz CT molecular complexity index is 321. The molecule has 0 bridgehead atoms. The number of hydrogen-bond acceptors (Lipinski definition) is 2. The monoisotopic (exact) mass is 225 g/mol. The molecular formula is C12H16ClNO. The molecule has 0 aliphatic rings. The van der Waals surface area contributed by atoms with Crippen molar-refractivity contribution < 1.29 is 4.79 Å². The van der Waals surface area contributed by atoms with E-state index in [-0.39, 0.29) is 11.8 Å². The summed E-state index contributed by atoms with van der Waals surface area (Å²) in [5.41, 5.74) is 0.704. The van der Waals surface area contributed by atoms with Gasteiger partial charge in [-0.15, -0.1) is 0 Å². The van der Waals surface area contributed by atoms with Gasteiger partial charge in [0.05, 0.1) is 6.04 Å². The Morgan fingerprint density at radius 1 is 1.40 bits per heavy atom. The van der Waals surface area contributed by atoms with Gasteiger partial charge in [-0.3, -0.25) is 4.79 Å². The van der Waals surface area contributed by atoms with Crippen molar-refractivity contribution in [1.29, 1.82) is 0 Å². The number of ketones is 1. The average Bonchev–Trinajstić information content (AvgIpc) is 2.26. The van der Waals surface area contributed by atoms with Crippen molar-refractivity contribution in [3.8, 4) is 0 Å². The molecule has 0 amide bonds. The molecule has 0 saturated heterocycles. The maximum Gasteiger partial charge on any atom is 0.179 e. The van der Waals surface area contributed by atoms with Gasteiger partial charge in [0.1, 0.15) is 0 Å². The first-order valence-electron chi connectivity index (χ1n) is 5.18. The first-order chi connectivity index (χ1) is 7.15. The van der Waals surface area contributed by atoms with E-state index in [0.29, 0.717) is 10.6 Å². The van der Waals surface area contributed by atoms with Crippen molar-refractivity contribution in [3.05, 3.63) is 34.9 Å². The summed E-state index contributed by atoms with van der Waals surface area (Å²) in [4.78, 5) is 11.9. The minimum atomic E-state index is -0.133. The highest BCUT2D eigenvalue weighted by Gasteiger charge is 2.13. The third-order valence-corrected chi connectivity index (χ3v) is 2.47. The van der Waals surface area contributed by atoms with Crippen molar-refractivity contribution in [2.24, 2.45) is 0 Å². The van der Waals surface area contributed by atoms with Crippen LogP contribution < -0.4 is 5.32 Å². The maximum atomic E-state index is 11.9. The lowest BCUT2D eigenvalue weighted by Crippen LogP contribution is -2.34. The predicted molar refractivity (Wildman–Crippen MR) is 63.5 cm³/mol. The quantitative estimate of drug-likeness (QED) is 0.781. The third-order valence-electron chi connectivity index (χ3n) is 2.22. The molecule has 1 aromatic rings. The Labute approximate surface area is 95.6 Å². The normalized spacial score (nSPS) is 12.5. The standard InChI is InChI=1S/C12H16ClNO/c1-3-8-14-9(2)12(15)10-4-6-11(13)7-5-10/h4-7,9,14H,3,8H2,1-2H3. The summed E-state index contributed by atoms with van der Waals surface area (Å²) in [6.07, 6.45) is 1.03. The number of carbonyl (C=O) groups excluding carboxylic acids is 1. The van der Waals surface area contributed by atoms with Crippen LogP contribution in [0.3, 0.4) is 0 Å². The molecule has 1 rings (SSSR count). The molecule has 82 valence electrons. The Hall–Kier alpha value is -0.860. The summed E-state index contributed by atoms with van der Waals surface area (Å²) >= 11 is 5.75. The van der Waals surface area contributed by atoms with Gasteiger partial charge in [-0.05, 0) is 44.2 Å². The Morgan fingerprint density at radius 2 is 2.00 bits per heavy atom. The number of rotatable bonds is 5. The molecule has 0 aliphatic carbocycles. The van der Waals surface area contributed by atoms with Crippen molar-refractivity contribution >= 4 is 17.4 Å². The first kappa shape index (κ1) is 12.2. The third kappa shape index (κ3) is 3.65. The Morgan fingerprint density at radius 3 is 2.53 bits per heavy atom. The second-order valence-corrected chi connectivity index (χ2v) is 3.98. The van der Waals surface area contributed by atoms with E-state index in [1.165, 1.54) is 0 Å². The highest BCUT2D eigenvalue weighted by atomic mass is 35.5. The van der Waals surface area contributed by atoms with Gasteiger partial charge in [0.25, 0.3) is 0 Å². The van der Waals surface area contributed by atoms with E-state index in [0.717, 1.165) is 13.0 Å². The largest absolute Gasteiger partial charge is 0.307 e. The van der Waals surface area contributed by atoms with Gasteiger partial charge in [-0.2, -0.15) is 0 Å². The van der Waals surface area contributed by atoms with Gasteiger partial charge in [0, 0.05) is 10.6 Å². The minimum absolute atomic E-state index is 0.111. The molecule has 0 aliphatic heterocycles. The molecule has 0 radical (unpaired) electrons. The van der Waals surface area contributed by atoms with Crippen LogP contribution in [0.15, 0.2) is 24.3 Å². The highest BCUT2D eigenvalue weighted by molar-refractivity contribution is 6.30. The SMILES string of the molecule is CCCNC(C)C(=O)c1ccc(Cl)cc1. The van der Waals surface area contributed by atoms with Crippen LogP contribution in [0, 0.1) is 0 Å².